The van der Waals surface area contributed by atoms with E-state index in [2.05, 4.69) is 18.6 Å². The van der Waals surface area contributed by atoms with E-state index in [1.807, 2.05) is 36.4 Å². The fraction of sp³-hybridized carbons (Fsp3) is 0.538. The number of aliphatic hydroxyl groups is 2. The highest BCUT2D eigenvalue weighted by Crippen LogP contribution is 2.32. The Hall–Kier alpha value is -2.02. The monoisotopic (exact) mass is 460 g/mol. The molecule has 6 heteroatoms. The summed E-state index contributed by atoms with van der Waals surface area (Å²) < 4.78 is 4.60. The third-order valence-electron chi connectivity index (χ3n) is 5.75. The zero-order chi connectivity index (χ0) is 23.5. The van der Waals surface area contributed by atoms with Crippen molar-refractivity contribution in [2.24, 2.45) is 0 Å². The number of benzene rings is 1. The summed E-state index contributed by atoms with van der Waals surface area (Å²) >= 11 is 1.52. The standard InChI is InChI=1S/C17H24O3.C9H12O2S/c1-2-3-6-16(19)17(20)13-10-8-12(9-11-13)14-5-4-7-15(14)18;1-3-4-7-5-6-8(12-7)9(10)11-2/h8-11,14,16-17,19-20H,2-7H2,1H3;5-6H,3-4H2,1-2H3/t14-,16?,17?;/m0./s1. The molecule has 1 aliphatic rings. The molecule has 2 unspecified atom stereocenters. The first-order valence-corrected chi connectivity index (χ1v) is 12.4. The number of thiophene rings is 1. The summed E-state index contributed by atoms with van der Waals surface area (Å²) in [5.74, 6) is 0.120. The van der Waals surface area contributed by atoms with Crippen molar-refractivity contribution in [3.63, 3.8) is 0 Å². The number of aryl methyl sites for hydroxylation is 1. The molecule has 5 nitrogen and oxygen atoms in total. The number of carbonyl (C=O) groups is 2. The Labute approximate surface area is 195 Å². The molecule has 0 radical (unpaired) electrons. The van der Waals surface area contributed by atoms with E-state index >= 15 is 0 Å². The average Bonchev–Trinajstić information content (AvgIpc) is 3.46. The molecule has 0 spiro atoms. The van der Waals surface area contributed by atoms with E-state index in [1.165, 1.54) is 23.3 Å². The Bertz CT molecular complexity index is 842. The molecule has 176 valence electrons. The van der Waals surface area contributed by atoms with Gasteiger partial charge in [-0.1, -0.05) is 57.4 Å². The first-order valence-electron chi connectivity index (χ1n) is 11.6. The first-order chi connectivity index (χ1) is 15.4. The van der Waals surface area contributed by atoms with Crippen LogP contribution >= 0.6 is 11.3 Å². The first kappa shape index (κ1) is 26.2. The Kier molecular flexibility index (Phi) is 11.1. The second-order valence-corrected chi connectivity index (χ2v) is 9.41. The maximum absolute atomic E-state index is 11.7. The summed E-state index contributed by atoms with van der Waals surface area (Å²) in [7, 11) is 1.40. The van der Waals surface area contributed by atoms with Crippen molar-refractivity contribution in [2.75, 3.05) is 7.11 Å². The van der Waals surface area contributed by atoms with Gasteiger partial charge in [0.2, 0.25) is 0 Å². The average molecular weight is 461 g/mol. The third kappa shape index (κ3) is 7.54. The Morgan fingerprint density at radius 3 is 2.41 bits per heavy atom. The quantitative estimate of drug-likeness (QED) is 0.476. The van der Waals surface area contributed by atoms with Crippen molar-refractivity contribution in [3.05, 3.63) is 57.3 Å². The van der Waals surface area contributed by atoms with Gasteiger partial charge in [0.1, 0.15) is 16.8 Å². The molecular formula is C26H36O5S. The van der Waals surface area contributed by atoms with Gasteiger partial charge < -0.3 is 14.9 Å². The smallest absolute Gasteiger partial charge is 0.348 e. The summed E-state index contributed by atoms with van der Waals surface area (Å²) in [6, 6.07) is 11.3. The van der Waals surface area contributed by atoms with Crippen LogP contribution < -0.4 is 0 Å². The van der Waals surface area contributed by atoms with Crippen LogP contribution in [0, 0.1) is 0 Å². The molecule has 0 saturated heterocycles. The van der Waals surface area contributed by atoms with E-state index in [1.54, 1.807) is 0 Å². The van der Waals surface area contributed by atoms with E-state index in [0.29, 0.717) is 23.5 Å². The van der Waals surface area contributed by atoms with Crippen molar-refractivity contribution in [1.29, 1.82) is 0 Å². The van der Waals surface area contributed by atoms with Crippen molar-refractivity contribution in [1.82, 2.24) is 0 Å². The number of rotatable bonds is 9. The van der Waals surface area contributed by atoms with Gasteiger partial charge >= 0.3 is 5.97 Å². The molecule has 3 rings (SSSR count). The van der Waals surface area contributed by atoms with Gasteiger partial charge in [0, 0.05) is 17.2 Å². The Morgan fingerprint density at radius 2 is 1.84 bits per heavy atom. The maximum atomic E-state index is 11.7. The van der Waals surface area contributed by atoms with Crippen molar-refractivity contribution >= 4 is 23.1 Å². The number of methoxy groups -OCH3 is 1. The van der Waals surface area contributed by atoms with E-state index in [4.69, 9.17) is 0 Å². The normalized spacial score (nSPS) is 17.4. The minimum Gasteiger partial charge on any atom is -0.465 e. The largest absolute Gasteiger partial charge is 0.465 e. The number of aliphatic hydroxyl groups excluding tert-OH is 2. The molecule has 1 aromatic heterocycles. The van der Waals surface area contributed by atoms with Crippen molar-refractivity contribution in [2.45, 2.75) is 83.3 Å². The second-order valence-electron chi connectivity index (χ2n) is 8.24. The lowest BCUT2D eigenvalue weighted by molar-refractivity contribution is -0.118. The molecule has 3 atom stereocenters. The second kappa shape index (κ2) is 13.5. The molecule has 1 aromatic carbocycles. The fourth-order valence-electron chi connectivity index (χ4n) is 3.86. The van der Waals surface area contributed by atoms with Crippen molar-refractivity contribution in [3.8, 4) is 0 Å². The number of ketones is 1. The minimum absolute atomic E-state index is 0.0335. The lowest BCUT2D eigenvalue weighted by atomic mass is 9.93. The van der Waals surface area contributed by atoms with Crippen LogP contribution in [0.15, 0.2) is 36.4 Å². The molecule has 2 aromatic rings. The van der Waals surface area contributed by atoms with Gasteiger partial charge in [-0.25, -0.2) is 4.79 Å². The molecule has 1 aliphatic carbocycles. The van der Waals surface area contributed by atoms with Gasteiger partial charge in [-0.15, -0.1) is 11.3 Å². The van der Waals surface area contributed by atoms with E-state index < -0.39 is 12.2 Å². The maximum Gasteiger partial charge on any atom is 0.348 e. The van der Waals surface area contributed by atoms with Crippen molar-refractivity contribution < 1.29 is 24.5 Å². The van der Waals surface area contributed by atoms with Crippen LogP contribution in [0.2, 0.25) is 0 Å². The lowest BCUT2D eigenvalue weighted by Gasteiger charge is -2.18. The predicted molar refractivity (Wildman–Crippen MR) is 128 cm³/mol. The van der Waals surface area contributed by atoms with Gasteiger partial charge in [0.05, 0.1) is 13.2 Å². The van der Waals surface area contributed by atoms with Crippen LogP contribution in [0.1, 0.15) is 96.5 Å². The molecule has 2 N–H and O–H groups in total. The summed E-state index contributed by atoms with van der Waals surface area (Å²) in [5, 5.41) is 20.0. The van der Waals surface area contributed by atoms with Crippen LogP contribution in [0.3, 0.4) is 0 Å². The van der Waals surface area contributed by atoms with Crippen LogP contribution in [0.25, 0.3) is 0 Å². The van der Waals surface area contributed by atoms with Gasteiger partial charge in [-0.05, 0) is 48.9 Å². The highest BCUT2D eigenvalue weighted by molar-refractivity contribution is 7.13. The molecular weight excluding hydrogens is 424 g/mol. The van der Waals surface area contributed by atoms with E-state index in [0.717, 1.165) is 49.7 Å². The zero-order valence-corrected chi connectivity index (χ0v) is 20.2. The topological polar surface area (TPSA) is 83.8 Å². The number of carbonyl (C=O) groups excluding carboxylic acids is 2. The number of unbranched alkanes of at least 4 members (excludes halogenated alkanes) is 1. The number of esters is 1. The van der Waals surface area contributed by atoms with Gasteiger partial charge in [0.15, 0.2) is 0 Å². The van der Waals surface area contributed by atoms with Gasteiger partial charge in [-0.2, -0.15) is 0 Å². The number of hydrogen-bond acceptors (Lipinski definition) is 6. The molecule has 32 heavy (non-hydrogen) atoms. The summed E-state index contributed by atoms with van der Waals surface area (Å²) in [5.41, 5.74) is 1.76. The SMILES string of the molecule is CCCCC(O)C(O)c1ccc([C@@H]2CCCC2=O)cc1.CCCc1ccc(C(=O)OC)s1. The molecule has 0 bridgehead atoms. The summed E-state index contributed by atoms with van der Waals surface area (Å²) in [6.45, 7) is 4.18. The fourth-order valence-corrected chi connectivity index (χ4v) is 4.88. The molecule has 1 fully saturated rings. The van der Waals surface area contributed by atoms with E-state index in [9.17, 15) is 19.8 Å². The van der Waals surface area contributed by atoms with Crippen LogP contribution in [0.4, 0.5) is 0 Å². The molecule has 0 aliphatic heterocycles. The summed E-state index contributed by atoms with van der Waals surface area (Å²) in [4.78, 5) is 24.7. The van der Waals surface area contributed by atoms with E-state index in [-0.39, 0.29) is 11.9 Å². The highest BCUT2D eigenvalue weighted by Gasteiger charge is 2.26. The van der Waals surface area contributed by atoms with Crippen LogP contribution in [-0.4, -0.2) is 35.2 Å². The third-order valence-corrected chi connectivity index (χ3v) is 6.87. The minimum atomic E-state index is -0.838. The Morgan fingerprint density at radius 1 is 1.12 bits per heavy atom. The van der Waals surface area contributed by atoms with Gasteiger partial charge in [-0.3, -0.25) is 4.79 Å². The van der Waals surface area contributed by atoms with Crippen LogP contribution in [0.5, 0.6) is 0 Å². The lowest BCUT2D eigenvalue weighted by Crippen LogP contribution is -2.18. The predicted octanol–water partition coefficient (Wildman–Crippen LogP) is 5.59. The zero-order valence-electron chi connectivity index (χ0n) is 19.4. The highest BCUT2D eigenvalue weighted by atomic mass is 32.1. The summed E-state index contributed by atoms with van der Waals surface area (Å²) in [6.07, 6.45) is 5.72. The van der Waals surface area contributed by atoms with Crippen LogP contribution in [-0.2, 0) is 16.0 Å². The molecule has 0 amide bonds. The number of Topliss-reactive ketones (excluding diaryl/α,β-unsaturated/α-hetero) is 1. The Balaban J connectivity index is 0.000000258. The number of ether oxygens (including phenoxy) is 1. The van der Waals surface area contributed by atoms with Gasteiger partial charge in [0.25, 0.3) is 0 Å². The number of hydrogen-bond donors (Lipinski definition) is 2. The molecule has 1 saturated carbocycles. The molecule has 1 heterocycles.